The summed E-state index contributed by atoms with van der Waals surface area (Å²) in [4.78, 5) is 11.1. The van der Waals surface area contributed by atoms with Gasteiger partial charge in [0.1, 0.15) is 0 Å². The maximum atomic E-state index is 6.11. The van der Waals surface area contributed by atoms with E-state index >= 15 is 0 Å². The third-order valence-corrected chi connectivity index (χ3v) is 4.19. The van der Waals surface area contributed by atoms with Gasteiger partial charge in [0.05, 0.1) is 0 Å². The Kier molecular flexibility index (Phi) is 2.51. The van der Waals surface area contributed by atoms with Gasteiger partial charge in [-0.3, -0.25) is 0 Å². The Bertz CT molecular complexity index is 650. The smallest absolute Gasteiger partial charge is 0.256 e. The normalized spacial score (nSPS) is 31.1. The van der Waals surface area contributed by atoms with Crippen LogP contribution in [0.3, 0.4) is 0 Å². The third kappa shape index (κ3) is 1.51. The molecule has 1 fully saturated rings. The molecule has 0 radical (unpaired) electrons. The minimum atomic E-state index is -0.929. The second-order valence-corrected chi connectivity index (χ2v) is 5.52. The summed E-state index contributed by atoms with van der Waals surface area (Å²) in [5.74, 6) is -0.770. The Balaban J connectivity index is 1.93. The van der Waals surface area contributed by atoms with Crippen molar-refractivity contribution in [3.63, 3.8) is 0 Å². The number of aryl methyl sites for hydroxylation is 1. The molecule has 3 heteroatoms. The SMILES string of the molecule is Cc1ccc([C@]23OO[C@H](O2)C(C)c2ccccc23)cc1. The van der Waals surface area contributed by atoms with E-state index in [4.69, 9.17) is 14.5 Å². The summed E-state index contributed by atoms with van der Waals surface area (Å²) >= 11 is 0. The zero-order valence-corrected chi connectivity index (χ0v) is 11.5. The quantitative estimate of drug-likeness (QED) is 0.739. The lowest BCUT2D eigenvalue weighted by Gasteiger charge is -2.34. The van der Waals surface area contributed by atoms with Crippen molar-refractivity contribution in [2.24, 2.45) is 0 Å². The first kappa shape index (κ1) is 12.1. The van der Waals surface area contributed by atoms with Crippen molar-refractivity contribution in [1.29, 1.82) is 0 Å². The van der Waals surface area contributed by atoms with Crippen molar-refractivity contribution < 1.29 is 14.5 Å². The minimum Gasteiger partial charge on any atom is -0.307 e. The van der Waals surface area contributed by atoms with Crippen molar-refractivity contribution in [2.45, 2.75) is 31.8 Å². The van der Waals surface area contributed by atoms with Gasteiger partial charge in [-0.25, -0.2) is 0 Å². The van der Waals surface area contributed by atoms with E-state index in [0.29, 0.717) is 0 Å². The van der Waals surface area contributed by atoms with Gasteiger partial charge in [-0.15, -0.1) is 0 Å². The highest BCUT2D eigenvalue weighted by Gasteiger charge is 2.54. The van der Waals surface area contributed by atoms with Crippen LogP contribution in [0.4, 0.5) is 0 Å². The Labute approximate surface area is 118 Å². The average Bonchev–Trinajstić information content (AvgIpc) is 2.89. The Hall–Kier alpha value is -1.68. The van der Waals surface area contributed by atoms with Crippen LogP contribution < -0.4 is 0 Å². The largest absolute Gasteiger partial charge is 0.307 e. The lowest BCUT2D eigenvalue weighted by atomic mass is 9.85. The maximum absolute atomic E-state index is 6.11. The van der Waals surface area contributed by atoms with Gasteiger partial charge in [-0.05, 0) is 12.5 Å². The molecule has 20 heavy (non-hydrogen) atoms. The van der Waals surface area contributed by atoms with Gasteiger partial charge in [0, 0.05) is 17.0 Å². The monoisotopic (exact) mass is 268 g/mol. The first-order chi connectivity index (χ1) is 9.71. The van der Waals surface area contributed by atoms with E-state index in [1.807, 2.05) is 24.3 Å². The average molecular weight is 268 g/mol. The van der Waals surface area contributed by atoms with Gasteiger partial charge >= 0.3 is 0 Å². The lowest BCUT2D eigenvalue weighted by molar-refractivity contribution is -0.321. The van der Waals surface area contributed by atoms with Crippen LogP contribution >= 0.6 is 0 Å². The summed E-state index contributed by atoms with van der Waals surface area (Å²) in [6.07, 6.45) is -0.355. The standard InChI is InChI=1S/C17H16O3/c1-11-7-9-13(10-8-11)17-15-6-4-3-5-14(15)12(2)16(18-17)19-20-17/h3-10,12,16H,1-2H3/t12?,16-,17+/m0/s1. The summed E-state index contributed by atoms with van der Waals surface area (Å²) in [6.45, 7) is 4.16. The van der Waals surface area contributed by atoms with E-state index in [1.165, 1.54) is 11.1 Å². The van der Waals surface area contributed by atoms with Crippen LogP contribution in [0.25, 0.3) is 0 Å². The topological polar surface area (TPSA) is 27.7 Å². The molecule has 4 rings (SSSR count). The maximum Gasteiger partial charge on any atom is 0.256 e. The number of benzene rings is 2. The van der Waals surface area contributed by atoms with Gasteiger partial charge in [0.2, 0.25) is 6.29 Å². The molecule has 0 saturated carbocycles. The van der Waals surface area contributed by atoms with E-state index < -0.39 is 5.79 Å². The molecule has 0 spiro atoms. The van der Waals surface area contributed by atoms with Crippen molar-refractivity contribution in [3.8, 4) is 0 Å². The van der Waals surface area contributed by atoms with Crippen LogP contribution in [-0.2, 0) is 20.3 Å². The predicted octanol–water partition coefficient (Wildman–Crippen LogP) is 3.62. The van der Waals surface area contributed by atoms with Crippen LogP contribution in [0, 0.1) is 6.92 Å². The summed E-state index contributed by atoms with van der Waals surface area (Å²) < 4.78 is 6.11. The second kappa shape index (κ2) is 4.16. The van der Waals surface area contributed by atoms with Gasteiger partial charge in [-0.1, -0.05) is 61.0 Å². The summed E-state index contributed by atoms with van der Waals surface area (Å²) in [5, 5.41) is 0. The van der Waals surface area contributed by atoms with Crippen molar-refractivity contribution >= 4 is 0 Å². The molecule has 2 aromatic rings. The Morgan fingerprint density at radius 3 is 2.55 bits per heavy atom. The highest BCUT2D eigenvalue weighted by Crippen LogP contribution is 2.51. The molecule has 0 amide bonds. The number of ether oxygens (including phenoxy) is 1. The molecular formula is C17H16O3. The number of hydrogen-bond acceptors (Lipinski definition) is 3. The van der Waals surface area contributed by atoms with E-state index in [-0.39, 0.29) is 12.2 Å². The fourth-order valence-electron chi connectivity index (χ4n) is 3.00. The molecule has 2 bridgehead atoms. The Morgan fingerprint density at radius 2 is 1.75 bits per heavy atom. The zero-order chi connectivity index (χ0) is 13.7. The molecule has 1 saturated heterocycles. The summed E-state index contributed by atoms with van der Waals surface area (Å²) in [7, 11) is 0. The van der Waals surface area contributed by atoms with Crippen LogP contribution in [0.5, 0.6) is 0 Å². The van der Waals surface area contributed by atoms with Crippen molar-refractivity contribution in [3.05, 3.63) is 70.8 Å². The molecule has 0 aliphatic carbocycles. The van der Waals surface area contributed by atoms with Gasteiger partial charge in [0.25, 0.3) is 5.79 Å². The third-order valence-electron chi connectivity index (χ3n) is 4.19. The fourth-order valence-corrected chi connectivity index (χ4v) is 3.00. The summed E-state index contributed by atoms with van der Waals surface area (Å²) in [5.41, 5.74) is 4.43. The van der Waals surface area contributed by atoms with Gasteiger partial charge in [-0.2, -0.15) is 9.78 Å². The highest BCUT2D eigenvalue weighted by molar-refractivity contribution is 5.43. The minimum absolute atomic E-state index is 0.160. The first-order valence-electron chi connectivity index (χ1n) is 6.89. The van der Waals surface area contributed by atoms with Gasteiger partial charge in [0.15, 0.2) is 0 Å². The molecule has 1 unspecified atom stereocenters. The van der Waals surface area contributed by atoms with Crippen LogP contribution in [0.15, 0.2) is 48.5 Å². The molecule has 2 aliphatic rings. The van der Waals surface area contributed by atoms with Crippen molar-refractivity contribution in [2.75, 3.05) is 0 Å². The second-order valence-electron chi connectivity index (χ2n) is 5.52. The Morgan fingerprint density at radius 1 is 1.00 bits per heavy atom. The predicted molar refractivity (Wildman–Crippen MR) is 73.9 cm³/mol. The van der Waals surface area contributed by atoms with Crippen LogP contribution in [0.2, 0.25) is 0 Å². The molecule has 3 atom stereocenters. The fraction of sp³-hybridized carbons (Fsp3) is 0.294. The van der Waals surface area contributed by atoms with Crippen LogP contribution in [0.1, 0.15) is 35.1 Å². The molecular weight excluding hydrogens is 252 g/mol. The number of fused-ring (bicyclic) bond motifs is 4. The highest BCUT2D eigenvalue weighted by atomic mass is 17.3. The molecule has 102 valence electrons. The number of rotatable bonds is 1. The molecule has 2 heterocycles. The zero-order valence-electron chi connectivity index (χ0n) is 11.5. The van der Waals surface area contributed by atoms with Crippen molar-refractivity contribution in [1.82, 2.24) is 0 Å². The van der Waals surface area contributed by atoms with Gasteiger partial charge < -0.3 is 4.74 Å². The molecule has 2 aromatic carbocycles. The van der Waals surface area contributed by atoms with E-state index in [2.05, 4.69) is 38.1 Å². The molecule has 0 aromatic heterocycles. The number of hydrogen-bond donors (Lipinski definition) is 0. The van der Waals surface area contributed by atoms with E-state index in [9.17, 15) is 0 Å². The molecule has 0 N–H and O–H groups in total. The summed E-state index contributed by atoms with van der Waals surface area (Å²) in [6, 6.07) is 16.4. The molecule has 3 nitrogen and oxygen atoms in total. The van der Waals surface area contributed by atoms with Crippen LogP contribution in [-0.4, -0.2) is 6.29 Å². The van der Waals surface area contributed by atoms with E-state index in [1.54, 1.807) is 0 Å². The first-order valence-corrected chi connectivity index (χ1v) is 6.89. The van der Waals surface area contributed by atoms with E-state index in [0.717, 1.165) is 11.1 Å². The lowest BCUT2D eigenvalue weighted by Crippen LogP contribution is -2.36. The molecule has 2 aliphatic heterocycles.